The number of hydrogen-bond acceptors (Lipinski definition) is 5. The first-order valence-electron chi connectivity index (χ1n) is 9.28. The van der Waals surface area contributed by atoms with E-state index in [0.717, 1.165) is 49.8 Å². The van der Waals surface area contributed by atoms with Crippen LogP contribution in [0.2, 0.25) is 0 Å². The number of hydrogen-bond donors (Lipinski definition) is 0. The van der Waals surface area contributed by atoms with Crippen LogP contribution in [0.4, 0.5) is 5.69 Å². The number of pyridine rings is 2. The molecule has 3 aliphatic heterocycles. The summed E-state index contributed by atoms with van der Waals surface area (Å²) in [6.07, 6.45) is 5.47. The van der Waals surface area contributed by atoms with E-state index in [-0.39, 0.29) is 11.8 Å². The second-order valence-electron chi connectivity index (χ2n) is 7.38. The molecule has 0 spiro atoms. The molecule has 0 aromatic carbocycles. The Morgan fingerprint density at radius 3 is 3.08 bits per heavy atom. The molecule has 134 valence electrons. The maximum absolute atomic E-state index is 13.1. The Kier molecular flexibility index (Phi) is 3.58. The summed E-state index contributed by atoms with van der Waals surface area (Å²) in [6.45, 7) is 5.83. The molecule has 26 heavy (non-hydrogen) atoms. The van der Waals surface area contributed by atoms with Crippen LogP contribution in [0.1, 0.15) is 28.8 Å². The average Bonchev–Trinajstić information content (AvgIpc) is 3.41. The first-order chi connectivity index (χ1) is 12.7. The van der Waals surface area contributed by atoms with Crippen molar-refractivity contribution in [2.24, 2.45) is 5.92 Å². The number of fused-ring (bicyclic) bond motifs is 2. The summed E-state index contributed by atoms with van der Waals surface area (Å²) in [4.78, 5) is 26.2. The Balaban J connectivity index is 1.31. The van der Waals surface area contributed by atoms with E-state index in [2.05, 4.69) is 27.9 Å². The molecule has 0 aliphatic carbocycles. The maximum atomic E-state index is 13.1. The molecule has 1 saturated heterocycles. The van der Waals surface area contributed by atoms with Crippen molar-refractivity contribution in [1.29, 1.82) is 0 Å². The zero-order valence-corrected chi connectivity index (χ0v) is 14.9. The molecule has 1 fully saturated rings. The number of rotatable bonds is 2. The summed E-state index contributed by atoms with van der Waals surface area (Å²) in [5.41, 5.74) is 5.82. The second-order valence-corrected chi connectivity index (χ2v) is 7.38. The maximum Gasteiger partial charge on any atom is 0.228 e. The largest absolute Gasteiger partial charge is 0.477 e. The molecule has 0 unspecified atom stereocenters. The first-order valence-corrected chi connectivity index (χ1v) is 9.28. The van der Waals surface area contributed by atoms with Crippen LogP contribution in [0.15, 0.2) is 24.5 Å². The van der Waals surface area contributed by atoms with Crippen molar-refractivity contribution in [3.8, 4) is 5.88 Å². The van der Waals surface area contributed by atoms with Gasteiger partial charge in [0.25, 0.3) is 0 Å². The molecule has 1 amide bonds. The fourth-order valence-corrected chi connectivity index (χ4v) is 4.40. The fraction of sp³-hybridized carbons (Fsp3) is 0.450. The SMILES string of the molecule is Cc1c2c(nc3c1CCO3)CN(C(=O)[C@@H]1CCN(c3cccnc3)C1)C2. The molecule has 3 aliphatic rings. The van der Waals surface area contributed by atoms with E-state index in [1.807, 2.05) is 17.2 Å². The topological polar surface area (TPSA) is 58.6 Å². The van der Waals surface area contributed by atoms with Crippen LogP contribution in [0.25, 0.3) is 0 Å². The lowest BCUT2D eigenvalue weighted by atomic mass is 10.0. The standard InChI is InChI=1S/C20H22N4O2/c1-13-16-5-8-26-19(16)22-18-12-24(11-17(13)18)20(25)14-4-7-23(10-14)15-3-2-6-21-9-15/h2-3,6,9,14H,4-5,7-8,10-12H2,1H3/t14-/m1/s1. The van der Waals surface area contributed by atoms with E-state index in [1.54, 1.807) is 6.20 Å². The van der Waals surface area contributed by atoms with Gasteiger partial charge in [0, 0.05) is 37.8 Å². The Labute approximate surface area is 152 Å². The summed E-state index contributed by atoms with van der Waals surface area (Å²) >= 11 is 0. The van der Waals surface area contributed by atoms with Crippen LogP contribution in [0.3, 0.4) is 0 Å². The van der Waals surface area contributed by atoms with Crippen molar-refractivity contribution in [1.82, 2.24) is 14.9 Å². The molecule has 0 N–H and O–H groups in total. The van der Waals surface area contributed by atoms with E-state index in [0.29, 0.717) is 13.1 Å². The molecule has 5 heterocycles. The summed E-state index contributed by atoms with van der Waals surface area (Å²) in [6, 6.07) is 4.00. The summed E-state index contributed by atoms with van der Waals surface area (Å²) < 4.78 is 5.64. The van der Waals surface area contributed by atoms with E-state index in [9.17, 15) is 4.79 Å². The molecule has 0 saturated carbocycles. The van der Waals surface area contributed by atoms with Gasteiger partial charge >= 0.3 is 0 Å². The third kappa shape index (κ3) is 2.43. The molecule has 2 aromatic rings. The zero-order valence-electron chi connectivity index (χ0n) is 14.9. The van der Waals surface area contributed by atoms with Crippen LogP contribution in [0.5, 0.6) is 5.88 Å². The number of carbonyl (C=O) groups excluding carboxylic acids is 1. The molecule has 1 atom stereocenters. The van der Waals surface area contributed by atoms with Gasteiger partial charge in [-0.3, -0.25) is 9.78 Å². The van der Waals surface area contributed by atoms with E-state index in [1.165, 1.54) is 16.7 Å². The molecule has 5 rings (SSSR count). The minimum absolute atomic E-state index is 0.0490. The van der Waals surface area contributed by atoms with Gasteiger partial charge in [-0.15, -0.1) is 0 Å². The fourth-order valence-electron chi connectivity index (χ4n) is 4.40. The number of carbonyl (C=O) groups is 1. The quantitative estimate of drug-likeness (QED) is 0.830. The van der Waals surface area contributed by atoms with Gasteiger partial charge in [0.1, 0.15) is 0 Å². The summed E-state index contributed by atoms with van der Waals surface area (Å²) in [5.74, 6) is 1.07. The number of amides is 1. The highest BCUT2D eigenvalue weighted by atomic mass is 16.5. The Morgan fingerprint density at radius 2 is 2.23 bits per heavy atom. The highest BCUT2D eigenvalue weighted by Crippen LogP contribution is 2.35. The molecular formula is C20H22N4O2. The smallest absolute Gasteiger partial charge is 0.228 e. The van der Waals surface area contributed by atoms with E-state index >= 15 is 0 Å². The lowest BCUT2D eigenvalue weighted by Gasteiger charge is -2.21. The Hall–Kier alpha value is -2.63. The van der Waals surface area contributed by atoms with Gasteiger partial charge in [0.05, 0.1) is 36.6 Å². The van der Waals surface area contributed by atoms with Crippen LogP contribution in [-0.2, 0) is 24.3 Å². The molecule has 6 nitrogen and oxygen atoms in total. The molecular weight excluding hydrogens is 328 g/mol. The number of ether oxygens (including phenoxy) is 1. The van der Waals surface area contributed by atoms with Gasteiger partial charge in [-0.1, -0.05) is 0 Å². The molecule has 6 heteroatoms. The highest BCUT2D eigenvalue weighted by molar-refractivity contribution is 5.81. The van der Waals surface area contributed by atoms with Gasteiger partial charge in [-0.05, 0) is 36.6 Å². The van der Waals surface area contributed by atoms with Crippen molar-refractivity contribution < 1.29 is 9.53 Å². The van der Waals surface area contributed by atoms with Crippen LogP contribution in [-0.4, -0.2) is 40.5 Å². The van der Waals surface area contributed by atoms with Gasteiger partial charge in [0.2, 0.25) is 11.8 Å². The minimum Gasteiger partial charge on any atom is -0.477 e. The number of anilines is 1. The van der Waals surface area contributed by atoms with Gasteiger partial charge in [-0.25, -0.2) is 4.98 Å². The predicted molar refractivity (Wildman–Crippen MR) is 97.0 cm³/mol. The number of nitrogens with zero attached hydrogens (tertiary/aromatic N) is 4. The zero-order chi connectivity index (χ0) is 17.7. The van der Waals surface area contributed by atoms with Crippen molar-refractivity contribution in [2.75, 3.05) is 24.6 Å². The normalized spacial score (nSPS) is 20.9. The van der Waals surface area contributed by atoms with Gasteiger partial charge < -0.3 is 14.5 Å². The third-order valence-electron chi connectivity index (χ3n) is 5.89. The minimum atomic E-state index is 0.0490. The monoisotopic (exact) mass is 350 g/mol. The lowest BCUT2D eigenvalue weighted by molar-refractivity contribution is -0.135. The predicted octanol–water partition coefficient (Wildman–Crippen LogP) is 2.09. The van der Waals surface area contributed by atoms with Crippen molar-refractivity contribution in [3.63, 3.8) is 0 Å². The van der Waals surface area contributed by atoms with Crippen molar-refractivity contribution in [3.05, 3.63) is 46.9 Å². The van der Waals surface area contributed by atoms with Crippen LogP contribution >= 0.6 is 0 Å². The highest BCUT2D eigenvalue weighted by Gasteiger charge is 2.36. The average molecular weight is 350 g/mol. The van der Waals surface area contributed by atoms with Gasteiger partial charge in [-0.2, -0.15) is 0 Å². The first kappa shape index (κ1) is 15.6. The number of aromatic nitrogens is 2. The molecule has 0 bridgehead atoms. The van der Waals surface area contributed by atoms with Crippen molar-refractivity contribution in [2.45, 2.75) is 32.9 Å². The van der Waals surface area contributed by atoms with Crippen LogP contribution < -0.4 is 9.64 Å². The third-order valence-corrected chi connectivity index (χ3v) is 5.89. The molecule has 2 aromatic heterocycles. The summed E-state index contributed by atoms with van der Waals surface area (Å²) in [5, 5.41) is 0. The Morgan fingerprint density at radius 1 is 1.31 bits per heavy atom. The van der Waals surface area contributed by atoms with Crippen LogP contribution in [0, 0.1) is 12.8 Å². The molecule has 0 radical (unpaired) electrons. The van der Waals surface area contributed by atoms with Crippen molar-refractivity contribution >= 4 is 11.6 Å². The summed E-state index contributed by atoms with van der Waals surface area (Å²) in [7, 11) is 0. The Bertz CT molecular complexity index is 868. The van der Waals surface area contributed by atoms with E-state index in [4.69, 9.17) is 4.74 Å². The van der Waals surface area contributed by atoms with Gasteiger partial charge in [0.15, 0.2) is 0 Å². The second kappa shape index (κ2) is 5.97. The lowest BCUT2D eigenvalue weighted by Crippen LogP contribution is -2.34. The van der Waals surface area contributed by atoms with E-state index < -0.39 is 0 Å².